The zero-order valence-corrected chi connectivity index (χ0v) is 17.2. The monoisotopic (exact) mass is 328 g/mol. The van der Waals surface area contributed by atoms with Crippen LogP contribution in [-0.4, -0.2) is 16.8 Å². The van der Waals surface area contributed by atoms with Crippen molar-refractivity contribution in [1.82, 2.24) is 0 Å². The SMILES string of the molecule is CC[C@H](C)C1(C)C=[N+](c2c(C(C)C)cccc2C(C)C)[C@@H](C)CC1. The summed E-state index contributed by atoms with van der Waals surface area (Å²) in [5, 5.41) is 0. The molecule has 3 atom stereocenters. The standard InChI is InChI=1S/C23H38N/c1-9-18(6)23(8)14-13-19(7)24(15-23)22-20(16(2)3)11-10-12-21(22)17(4)5/h10-12,15-19H,9,13-14H2,1-8H3/q+1/t18-,19-,23?/m0/s1. The lowest BCUT2D eigenvalue weighted by atomic mass is 9.71. The van der Waals surface area contributed by atoms with E-state index in [9.17, 15) is 0 Å². The van der Waals surface area contributed by atoms with Crippen LogP contribution in [0.4, 0.5) is 5.69 Å². The van der Waals surface area contributed by atoms with Crippen LogP contribution in [0.3, 0.4) is 0 Å². The number of hydrogen-bond acceptors (Lipinski definition) is 0. The van der Waals surface area contributed by atoms with Gasteiger partial charge in [-0.3, -0.25) is 0 Å². The Bertz CT molecular complexity index is 570. The Morgan fingerprint density at radius 2 is 1.62 bits per heavy atom. The Morgan fingerprint density at radius 1 is 1.08 bits per heavy atom. The molecule has 0 aliphatic carbocycles. The van der Waals surface area contributed by atoms with E-state index in [1.54, 1.807) is 0 Å². The topological polar surface area (TPSA) is 3.01 Å². The van der Waals surface area contributed by atoms with Gasteiger partial charge in [-0.05, 0) is 31.1 Å². The minimum atomic E-state index is 0.305. The molecule has 1 aliphatic heterocycles. The molecule has 0 fully saturated rings. The number of para-hydroxylation sites is 1. The van der Waals surface area contributed by atoms with Crippen molar-refractivity contribution < 1.29 is 4.58 Å². The highest BCUT2D eigenvalue weighted by Gasteiger charge is 2.40. The minimum absolute atomic E-state index is 0.305. The summed E-state index contributed by atoms with van der Waals surface area (Å²) in [5.74, 6) is 1.83. The first kappa shape index (κ1) is 19.2. The Morgan fingerprint density at radius 3 is 2.08 bits per heavy atom. The molecule has 0 aromatic heterocycles. The first-order valence-electron chi connectivity index (χ1n) is 9.98. The maximum Gasteiger partial charge on any atom is 0.212 e. The van der Waals surface area contributed by atoms with E-state index in [-0.39, 0.29) is 0 Å². The molecule has 0 radical (unpaired) electrons. The van der Waals surface area contributed by atoms with Crippen LogP contribution in [0.5, 0.6) is 0 Å². The molecule has 0 saturated heterocycles. The van der Waals surface area contributed by atoms with E-state index in [1.165, 1.54) is 36.1 Å². The zero-order chi connectivity index (χ0) is 18.1. The zero-order valence-electron chi connectivity index (χ0n) is 17.2. The Balaban J connectivity index is 2.68. The van der Waals surface area contributed by atoms with Crippen molar-refractivity contribution in [2.24, 2.45) is 11.3 Å². The van der Waals surface area contributed by atoms with Crippen molar-refractivity contribution in [3.05, 3.63) is 29.3 Å². The van der Waals surface area contributed by atoms with Gasteiger partial charge >= 0.3 is 0 Å². The summed E-state index contributed by atoms with van der Waals surface area (Å²) < 4.78 is 2.64. The molecule has 0 spiro atoms. The second kappa shape index (κ2) is 7.42. The van der Waals surface area contributed by atoms with Gasteiger partial charge in [-0.25, -0.2) is 0 Å². The largest absolute Gasteiger partial charge is 0.212 e. The molecule has 0 amide bonds. The van der Waals surface area contributed by atoms with Crippen molar-refractivity contribution in [3.63, 3.8) is 0 Å². The molecule has 0 bridgehead atoms. The number of rotatable bonds is 5. The van der Waals surface area contributed by atoms with Crippen LogP contribution in [-0.2, 0) is 0 Å². The number of nitrogens with zero attached hydrogens (tertiary/aromatic N) is 1. The van der Waals surface area contributed by atoms with Crippen LogP contribution in [0.2, 0.25) is 0 Å². The van der Waals surface area contributed by atoms with E-state index < -0.39 is 0 Å². The minimum Gasteiger partial charge on any atom is -0.199 e. The van der Waals surface area contributed by atoms with Gasteiger partial charge in [-0.2, -0.15) is 4.58 Å². The molecule has 1 unspecified atom stereocenters. The summed E-state index contributed by atoms with van der Waals surface area (Å²) in [6.45, 7) is 18.9. The molecule has 0 N–H and O–H groups in total. The molecule has 1 aliphatic rings. The van der Waals surface area contributed by atoms with Gasteiger partial charge in [0.25, 0.3) is 0 Å². The summed E-state index contributed by atoms with van der Waals surface area (Å²) in [5.41, 5.74) is 4.79. The summed E-state index contributed by atoms with van der Waals surface area (Å²) in [4.78, 5) is 0. The third kappa shape index (κ3) is 3.60. The van der Waals surface area contributed by atoms with Gasteiger partial charge in [0.15, 0.2) is 12.3 Å². The van der Waals surface area contributed by atoms with E-state index in [0.717, 1.165) is 5.92 Å². The van der Waals surface area contributed by atoms with Crippen LogP contribution in [0.1, 0.15) is 97.6 Å². The Labute approximate surface area is 150 Å². The predicted octanol–water partition coefficient (Wildman–Crippen LogP) is 6.88. The lowest BCUT2D eigenvalue weighted by Crippen LogP contribution is -2.39. The van der Waals surface area contributed by atoms with Crippen molar-refractivity contribution in [1.29, 1.82) is 0 Å². The van der Waals surface area contributed by atoms with Crippen molar-refractivity contribution >= 4 is 11.9 Å². The van der Waals surface area contributed by atoms with E-state index in [0.29, 0.717) is 23.3 Å². The average molecular weight is 329 g/mol. The van der Waals surface area contributed by atoms with Crippen LogP contribution < -0.4 is 0 Å². The fourth-order valence-electron chi connectivity index (χ4n) is 4.10. The molecule has 134 valence electrons. The second-order valence-corrected chi connectivity index (χ2v) is 8.83. The molecule has 1 nitrogen and oxygen atoms in total. The normalized spacial score (nSPS) is 25.9. The Hall–Kier alpha value is -1.11. The lowest BCUT2D eigenvalue weighted by Gasteiger charge is -2.35. The van der Waals surface area contributed by atoms with E-state index in [1.807, 2.05) is 0 Å². The highest BCUT2D eigenvalue weighted by atomic mass is 15.1. The van der Waals surface area contributed by atoms with Gasteiger partial charge in [0.05, 0.1) is 0 Å². The fourth-order valence-corrected chi connectivity index (χ4v) is 4.10. The molecule has 1 aromatic rings. The average Bonchev–Trinajstić information content (AvgIpc) is 2.55. The molecule has 2 rings (SSSR count). The van der Waals surface area contributed by atoms with Crippen LogP contribution in [0, 0.1) is 11.3 Å². The van der Waals surface area contributed by atoms with Crippen molar-refractivity contribution in [2.75, 3.05) is 0 Å². The summed E-state index contributed by atoms with van der Waals surface area (Å²) in [6, 6.07) is 7.50. The summed E-state index contributed by atoms with van der Waals surface area (Å²) in [7, 11) is 0. The van der Waals surface area contributed by atoms with Gasteiger partial charge in [0, 0.05) is 23.0 Å². The van der Waals surface area contributed by atoms with Crippen molar-refractivity contribution in [3.8, 4) is 0 Å². The van der Waals surface area contributed by atoms with Gasteiger partial charge in [0.2, 0.25) is 5.69 Å². The van der Waals surface area contributed by atoms with Crippen molar-refractivity contribution in [2.45, 2.75) is 92.5 Å². The molecule has 0 saturated carbocycles. The van der Waals surface area contributed by atoms with E-state index in [2.05, 4.69) is 84.4 Å². The molecular formula is C23H38N+. The maximum absolute atomic E-state index is 2.64. The Kier molecular flexibility index (Phi) is 5.94. The van der Waals surface area contributed by atoms with Gasteiger partial charge in [-0.15, -0.1) is 0 Å². The smallest absolute Gasteiger partial charge is 0.199 e. The quantitative estimate of drug-likeness (QED) is 0.518. The summed E-state index contributed by atoms with van der Waals surface area (Å²) >= 11 is 0. The summed E-state index contributed by atoms with van der Waals surface area (Å²) in [6.07, 6.45) is 6.42. The first-order chi connectivity index (χ1) is 11.2. The highest BCUT2D eigenvalue weighted by molar-refractivity contribution is 5.65. The van der Waals surface area contributed by atoms with E-state index in [4.69, 9.17) is 0 Å². The predicted molar refractivity (Wildman–Crippen MR) is 107 cm³/mol. The highest BCUT2D eigenvalue weighted by Crippen LogP contribution is 2.41. The molecular weight excluding hydrogens is 290 g/mol. The first-order valence-corrected chi connectivity index (χ1v) is 9.98. The van der Waals surface area contributed by atoms with Crippen LogP contribution in [0.15, 0.2) is 18.2 Å². The third-order valence-electron chi connectivity index (χ3n) is 6.35. The molecule has 1 heterocycles. The van der Waals surface area contributed by atoms with Crippen LogP contribution >= 0.6 is 0 Å². The molecule has 24 heavy (non-hydrogen) atoms. The van der Waals surface area contributed by atoms with Crippen LogP contribution in [0.25, 0.3) is 0 Å². The van der Waals surface area contributed by atoms with Gasteiger partial charge < -0.3 is 0 Å². The second-order valence-electron chi connectivity index (χ2n) is 8.83. The fraction of sp³-hybridized carbons (Fsp3) is 0.696. The number of hydrogen-bond donors (Lipinski definition) is 0. The lowest BCUT2D eigenvalue weighted by molar-refractivity contribution is -0.489. The number of benzene rings is 1. The molecule has 1 heteroatoms. The maximum atomic E-state index is 2.64. The molecule has 1 aromatic carbocycles. The third-order valence-corrected chi connectivity index (χ3v) is 6.35. The van der Waals surface area contributed by atoms with Gasteiger partial charge in [-0.1, -0.05) is 73.1 Å². The van der Waals surface area contributed by atoms with Gasteiger partial charge in [0.1, 0.15) is 0 Å². The van der Waals surface area contributed by atoms with E-state index >= 15 is 0 Å².